The molecule has 0 aliphatic rings. The van der Waals surface area contributed by atoms with Gasteiger partial charge >= 0.3 is 0 Å². The summed E-state index contributed by atoms with van der Waals surface area (Å²) < 4.78 is 1.89. The first-order chi connectivity index (χ1) is 12.1. The Bertz CT molecular complexity index is 717. The molecular formula is C20H32N4O. The molecule has 0 atom stereocenters. The van der Waals surface area contributed by atoms with E-state index in [0.29, 0.717) is 11.9 Å². The van der Waals surface area contributed by atoms with E-state index in [-0.39, 0.29) is 5.56 Å². The van der Waals surface area contributed by atoms with Crippen molar-refractivity contribution in [3.05, 3.63) is 40.4 Å². The Morgan fingerprint density at radius 1 is 0.920 bits per heavy atom. The van der Waals surface area contributed by atoms with Crippen molar-refractivity contribution in [2.75, 3.05) is 39.3 Å². The zero-order chi connectivity index (χ0) is 18.2. The maximum atomic E-state index is 13.0. The van der Waals surface area contributed by atoms with Crippen LogP contribution in [0.4, 0.5) is 0 Å². The lowest BCUT2D eigenvalue weighted by molar-refractivity contribution is 0.282. The van der Waals surface area contributed by atoms with Crippen LogP contribution in [0, 0.1) is 0 Å². The Morgan fingerprint density at radius 2 is 1.52 bits per heavy atom. The van der Waals surface area contributed by atoms with E-state index in [4.69, 9.17) is 4.98 Å². The normalized spacial score (nSPS) is 11.8. The standard InChI is InChI=1S/C20H32N4O/c1-5-22(6-2)14-13-19-21-18-12-10-9-11-17(18)20(25)24(19)16-15-23(7-3)8-4/h9-12H,5-8,13-16H2,1-4H3. The molecule has 0 fully saturated rings. The van der Waals surface area contributed by atoms with E-state index >= 15 is 0 Å². The van der Waals surface area contributed by atoms with E-state index < -0.39 is 0 Å². The number of likely N-dealkylation sites (N-methyl/N-ethyl adjacent to an activating group) is 2. The van der Waals surface area contributed by atoms with Crippen LogP contribution in [-0.2, 0) is 13.0 Å². The summed E-state index contributed by atoms with van der Waals surface area (Å²) in [7, 11) is 0. The number of para-hydroxylation sites is 1. The first-order valence-electron chi connectivity index (χ1n) is 9.57. The van der Waals surface area contributed by atoms with Crippen molar-refractivity contribution < 1.29 is 0 Å². The molecule has 25 heavy (non-hydrogen) atoms. The molecule has 0 saturated heterocycles. The van der Waals surface area contributed by atoms with Gasteiger partial charge in [0.15, 0.2) is 0 Å². The molecule has 1 aromatic carbocycles. The molecule has 0 aliphatic carbocycles. The molecule has 0 amide bonds. The van der Waals surface area contributed by atoms with E-state index in [9.17, 15) is 4.79 Å². The third-order valence-electron chi connectivity index (χ3n) is 5.02. The Labute approximate surface area is 151 Å². The maximum absolute atomic E-state index is 13.0. The molecule has 1 heterocycles. The van der Waals surface area contributed by atoms with Crippen LogP contribution in [0.15, 0.2) is 29.1 Å². The van der Waals surface area contributed by atoms with Crippen molar-refractivity contribution in [1.29, 1.82) is 0 Å². The van der Waals surface area contributed by atoms with Crippen LogP contribution in [0.5, 0.6) is 0 Å². The topological polar surface area (TPSA) is 41.4 Å². The van der Waals surface area contributed by atoms with Gasteiger partial charge in [-0.3, -0.25) is 9.36 Å². The Balaban J connectivity index is 2.35. The minimum atomic E-state index is 0.0901. The SMILES string of the molecule is CCN(CC)CCc1nc2ccccc2c(=O)n1CCN(CC)CC. The predicted molar refractivity (Wildman–Crippen MR) is 105 cm³/mol. The van der Waals surface area contributed by atoms with Gasteiger partial charge < -0.3 is 9.80 Å². The molecule has 5 nitrogen and oxygen atoms in total. The number of fused-ring (bicyclic) bond motifs is 1. The highest BCUT2D eigenvalue weighted by Gasteiger charge is 2.12. The lowest BCUT2D eigenvalue weighted by Gasteiger charge is -2.22. The molecule has 138 valence electrons. The number of nitrogens with zero attached hydrogens (tertiary/aromatic N) is 4. The second-order valence-corrected chi connectivity index (χ2v) is 6.31. The van der Waals surface area contributed by atoms with Crippen LogP contribution in [0.2, 0.25) is 0 Å². The molecular weight excluding hydrogens is 312 g/mol. The van der Waals surface area contributed by atoms with Crippen molar-refractivity contribution in [3.8, 4) is 0 Å². The smallest absolute Gasteiger partial charge is 0.261 e. The van der Waals surface area contributed by atoms with Crippen molar-refractivity contribution in [3.63, 3.8) is 0 Å². The molecule has 2 aromatic rings. The molecule has 0 bridgehead atoms. The quantitative estimate of drug-likeness (QED) is 0.664. The van der Waals surface area contributed by atoms with Gasteiger partial charge in [-0.1, -0.05) is 39.8 Å². The fourth-order valence-corrected chi connectivity index (χ4v) is 3.21. The molecule has 0 saturated carbocycles. The van der Waals surface area contributed by atoms with Gasteiger partial charge in [-0.25, -0.2) is 4.98 Å². The molecule has 0 unspecified atom stereocenters. The van der Waals surface area contributed by atoms with Crippen LogP contribution in [0.25, 0.3) is 10.9 Å². The third-order valence-corrected chi connectivity index (χ3v) is 5.02. The second kappa shape index (κ2) is 9.68. The highest BCUT2D eigenvalue weighted by atomic mass is 16.1. The summed E-state index contributed by atoms with van der Waals surface area (Å²) in [4.78, 5) is 22.6. The first-order valence-corrected chi connectivity index (χ1v) is 9.57. The van der Waals surface area contributed by atoms with Crippen LogP contribution in [0.1, 0.15) is 33.5 Å². The fraction of sp³-hybridized carbons (Fsp3) is 0.600. The summed E-state index contributed by atoms with van der Waals surface area (Å²) in [6.45, 7) is 15.2. The van der Waals surface area contributed by atoms with Crippen LogP contribution in [-0.4, -0.2) is 58.6 Å². The molecule has 2 rings (SSSR count). The molecule has 0 N–H and O–H groups in total. The summed E-state index contributed by atoms with van der Waals surface area (Å²) in [6, 6.07) is 7.68. The zero-order valence-electron chi connectivity index (χ0n) is 16.2. The lowest BCUT2D eigenvalue weighted by Crippen LogP contribution is -2.34. The van der Waals surface area contributed by atoms with Gasteiger partial charge in [0, 0.05) is 26.1 Å². The number of aromatic nitrogens is 2. The summed E-state index contributed by atoms with van der Waals surface area (Å²) >= 11 is 0. The van der Waals surface area contributed by atoms with Gasteiger partial charge in [-0.15, -0.1) is 0 Å². The van der Waals surface area contributed by atoms with Crippen LogP contribution < -0.4 is 5.56 Å². The molecule has 1 aromatic heterocycles. The second-order valence-electron chi connectivity index (χ2n) is 6.31. The van der Waals surface area contributed by atoms with E-state index in [0.717, 1.165) is 57.0 Å². The van der Waals surface area contributed by atoms with E-state index in [1.54, 1.807) is 0 Å². The summed E-state index contributed by atoms with van der Waals surface area (Å²) in [5.74, 6) is 0.905. The molecule has 5 heteroatoms. The van der Waals surface area contributed by atoms with E-state index in [1.807, 2.05) is 28.8 Å². The monoisotopic (exact) mass is 344 g/mol. The van der Waals surface area contributed by atoms with Gasteiger partial charge in [0.2, 0.25) is 0 Å². The number of hydrogen-bond acceptors (Lipinski definition) is 4. The van der Waals surface area contributed by atoms with Gasteiger partial charge in [-0.2, -0.15) is 0 Å². The maximum Gasteiger partial charge on any atom is 0.261 e. The summed E-state index contributed by atoms with van der Waals surface area (Å²) in [5, 5.41) is 0.716. The Kier molecular flexibility index (Phi) is 7.59. The van der Waals surface area contributed by atoms with Gasteiger partial charge in [0.05, 0.1) is 10.9 Å². The van der Waals surface area contributed by atoms with Crippen LogP contribution >= 0.6 is 0 Å². The van der Waals surface area contributed by atoms with Crippen molar-refractivity contribution >= 4 is 10.9 Å². The Morgan fingerprint density at radius 3 is 2.16 bits per heavy atom. The predicted octanol–water partition coefficient (Wildman–Crippen LogP) is 2.62. The lowest BCUT2D eigenvalue weighted by atomic mass is 10.2. The average Bonchev–Trinajstić information content (AvgIpc) is 2.65. The molecule has 0 aliphatic heterocycles. The number of benzene rings is 1. The average molecular weight is 345 g/mol. The summed E-state index contributed by atoms with van der Waals surface area (Å²) in [6.07, 6.45) is 0.806. The minimum Gasteiger partial charge on any atom is -0.303 e. The molecule has 0 radical (unpaired) electrons. The van der Waals surface area contributed by atoms with Crippen molar-refractivity contribution in [2.24, 2.45) is 0 Å². The van der Waals surface area contributed by atoms with Crippen LogP contribution in [0.3, 0.4) is 0 Å². The van der Waals surface area contributed by atoms with Crippen molar-refractivity contribution in [2.45, 2.75) is 40.7 Å². The first kappa shape index (κ1) is 19.6. The van der Waals surface area contributed by atoms with Crippen molar-refractivity contribution in [1.82, 2.24) is 19.4 Å². The fourth-order valence-electron chi connectivity index (χ4n) is 3.21. The highest BCUT2D eigenvalue weighted by molar-refractivity contribution is 5.77. The largest absolute Gasteiger partial charge is 0.303 e. The summed E-state index contributed by atoms with van der Waals surface area (Å²) in [5.41, 5.74) is 0.897. The third kappa shape index (κ3) is 4.89. The van der Waals surface area contributed by atoms with E-state index in [1.165, 1.54) is 0 Å². The number of rotatable bonds is 10. The zero-order valence-corrected chi connectivity index (χ0v) is 16.2. The van der Waals surface area contributed by atoms with E-state index in [2.05, 4.69) is 37.5 Å². The van der Waals surface area contributed by atoms with Gasteiger partial charge in [-0.05, 0) is 38.3 Å². The Hall–Kier alpha value is -1.72. The van der Waals surface area contributed by atoms with Gasteiger partial charge in [0.25, 0.3) is 5.56 Å². The molecule has 0 spiro atoms. The minimum absolute atomic E-state index is 0.0901. The highest BCUT2D eigenvalue weighted by Crippen LogP contribution is 2.09. The van der Waals surface area contributed by atoms with Gasteiger partial charge in [0.1, 0.15) is 5.82 Å². The number of hydrogen-bond donors (Lipinski definition) is 0.